The molecule has 1 rings (SSSR count). The summed E-state index contributed by atoms with van der Waals surface area (Å²) in [6.07, 6.45) is 0. The second-order valence-electron chi connectivity index (χ2n) is 2.51. The number of carboxylic acids is 1. The van der Waals surface area contributed by atoms with E-state index in [1.54, 1.807) is 0 Å². The number of carboxylic acid groups (broad SMARTS) is 1. The zero-order chi connectivity index (χ0) is 10.7. The van der Waals surface area contributed by atoms with Crippen molar-refractivity contribution in [3.63, 3.8) is 0 Å². The summed E-state index contributed by atoms with van der Waals surface area (Å²) in [7, 11) is 0. The van der Waals surface area contributed by atoms with E-state index in [4.69, 9.17) is 5.11 Å². The predicted molar refractivity (Wildman–Crippen MR) is 44.8 cm³/mol. The van der Waals surface area contributed by atoms with Gasteiger partial charge in [0, 0.05) is 6.92 Å². The summed E-state index contributed by atoms with van der Waals surface area (Å²) in [6.45, 7) is 0.676. The molecule has 1 aromatic heterocycles. The molecule has 0 saturated carbocycles. The van der Waals surface area contributed by atoms with Gasteiger partial charge >= 0.3 is 11.7 Å². The van der Waals surface area contributed by atoms with E-state index >= 15 is 0 Å². The number of rotatable bonds is 3. The van der Waals surface area contributed by atoms with Crippen molar-refractivity contribution in [1.29, 1.82) is 0 Å². The monoisotopic (exact) mass is 200 g/mol. The molecule has 1 heterocycles. The number of nitrogens with zero attached hydrogens (tertiary/aromatic N) is 2. The Morgan fingerprint density at radius 1 is 1.64 bits per heavy atom. The van der Waals surface area contributed by atoms with E-state index in [1.165, 1.54) is 6.92 Å². The minimum Gasteiger partial charge on any atom is -0.480 e. The number of H-pyrrole nitrogens is 1. The molecule has 0 atom stereocenters. The van der Waals surface area contributed by atoms with Gasteiger partial charge in [-0.2, -0.15) is 0 Å². The molecular formula is C6H8N4O4. The van der Waals surface area contributed by atoms with Crippen LogP contribution in [0.5, 0.6) is 0 Å². The van der Waals surface area contributed by atoms with Crippen LogP contribution in [0.1, 0.15) is 6.92 Å². The van der Waals surface area contributed by atoms with Gasteiger partial charge in [-0.15, -0.1) is 5.10 Å². The molecule has 14 heavy (non-hydrogen) atoms. The molecule has 0 spiro atoms. The van der Waals surface area contributed by atoms with Crippen molar-refractivity contribution in [3.05, 3.63) is 10.5 Å². The van der Waals surface area contributed by atoms with E-state index in [2.05, 4.69) is 10.4 Å². The number of aromatic amines is 1. The highest BCUT2D eigenvalue weighted by atomic mass is 16.4. The van der Waals surface area contributed by atoms with Crippen LogP contribution in [0.25, 0.3) is 0 Å². The quantitative estimate of drug-likeness (QED) is 0.555. The van der Waals surface area contributed by atoms with Gasteiger partial charge in [-0.1, -0.05) is 0 Å². The third-order valence-corrected chi connectivity index (χ3v) is 1.34. The first-order valence-corrected chi connectivity index (χ1v) is 3.65. The Hall–Kier alpha value is -2.12. The standard InChI is InChI=1S/C6H8N4O4/c1-3(11)7-5-8-9-6(14)10(5)2-4(12)13/h2H2,1H3,(H,9,14)(H,12,13)(H,7,8,11). The highest BCUT2D eigenvalue weighted by Gasteiger charge is 2.11. The van der Waals surface area contributed by atoms with Crippen molar-refractivity contribution in [2.24, 2.45) is 0 Å². The molecule has 8 nitrogen and oxygen atoms in total. The van der Waals surface area contributed by atoms with Crippen molar-refractivity contribution in [2.75, 3.05) is 5.32 Å². The third kappa shape index (κ3) is 2.19. The minimum absolute atomic E-state index is 0.107. The second-order valence-corrected chi connectivity index (χ2v) is 2.51. The van der Waals surface area contributed by atoms with Crippen LogP contribution in [0.3, 0.4) is 0 Å². The lowest BCUT2D eigenvalue weighted by atomic mass is 10.6. The smallest absolute Gasteiger partial charge is 0.345 e. The Morgan fingerprint density at radius 3 is 2.79 bits per heavy atom. The third-order valence-electron chi connectivity index (χ3n) is 1.34. The van der Waals surface area contributed by atoms with Crippen LogP contribution in [0.4, 0.5) is 5.95 Å². The number of anilines is 1. The number of hydrogen-bond donors (Lipinski definition) is 3. The molecule has 0 bridgehead atoms. The molecule has 8 heteroatoms. The van der Waals surface area contributed by atoms with Crippen molar-refractivity contribution >= 4 is 17.8 Å². The van der Waals surface area contributed by atoms with E-state index in [-0.39, 0.29) is 5.95 Å². The molecule has 0 aromatic carbocycles. The Labute approximate surface area is 77.5 Å². The predicted octanol–water partition coefficient (Wildman–Crippen LogP) is -1.39. The van der Waals surface area contributed by atoms with Gasteiger partial charge in [-0.25, -0.2) is 14.5 Å². The van der Waals surface area contributed by atoms with Crippen LogP contribution < -0.4 is 11.0 Å². The fourth-order valence-electron chi connectivity index (χ4n) is 0.852. The average Bonchev–Trinajstić information content (AvgIpc) is 2.34. The fraction of sp³-hybridized carbons (Fsp3) is 0.333. The zero-order valence-electron chi connectivity index (χ0n) is 7.27. The summed E-state index contributed by atoms with van der Waals surface area (Å²) in [4.78, 5) is 32.0. The van der Waals surface area contributed by atoms with Gasteiger partial charge < -0.3 is 5.11 Å². The molecule has 0 fully saturated rings. The van der Waals surface area contributed by atoms with Crippen LogP contribution in [-0.4, -0.2) is 31.7 Å². The van der Waals surface area contributed by atoms with Crippen LogP contribution in [0.15, 0.2) is 4.79 Å². The summed E-state index contributed by atoms with van der Waals surface area (Å²) >= 11 is 0. The molecule has 0 radical (unpaired) electrons. The largest absolute Gasteiger partial charge is 0.480 e. The van der Waals surface area contributed by atoms with Crippen molar-refractivity contribution in [1.82, 2.24) is 14.8 Å². The van der Waals surface area contributed by atoms with Gasteiger partial charge in [0.1, 0.15) is 6.54 Å². The van der Waals surface area contributed by atoms with Crippen LogP contribution >= 0.6 is 0 Å². The molecule has 0 saturated heterocycles. The second kappa shape index (κ2) is 3.73. The lowest BCUT2D eigenvalue weighted by Crippen LogP contribution is -2.24. The Balaban J connectivity index is 2.99. The van der Waals surface area contributed by atoms with Crippen LogP contribution in [0, 0.1) is 0 Å². The lowest BCUT2D eigenvalue weighted by molar-refractivity contribution is -0.137. The fourth-order valence-corrected chi connectivity index (χ4v) is 0.852. The molecule has 0 aliphatic rings. The molecule has 1 aromatic rings. The number of amides is 1. The van der Waals surface area contributed by atoms with E-state index in [9.17, 15) is 14.4 Å². The van der Waals surface area contributed by atoms with Crippen LogP contribution in [-0.2, 0) is 16.1 Å². The summed E-state index contributed by atoms with van der Waals surface area (Å²) in [5, 5.41) is 16.1. The maximum absolute atomic E-state index is 11.0. The van der Waals surface area contributed by atoms with Gasteiger partial charge in [-0.3, -0.25) is 14.9 Å². The van der Waals surface area contributed by atoms with E-state index in [1.807, 2.05) is 5.10 Å². The molecule has 0 unspecified atom stereocenters. The normalized spacial score (nSPS) is 9.79. The van der Waals surface area contributed by atoms with Crippen molar-refractivity contribution < 1.29 is 14.7 Å². The average molecular weight is 200 g/mol. The maximum Gasteiger partial charge on any atom is 0.345 e. The summed E-state index contributed by atoms with van der Waals surface area (Å²) in [5.41, 5.74) is -0.684. The number of carbonyl (C=O) groups is 2. The van der Waals surface area contributed by atoms with Crippen molar-refractivity contribution in [2.45, 2.75) is 13.5 Å². The number of aliphatic carboxylic acids is 1. The topological polar surface area (TPSA) is 117 Å². The first-order chi connectivity index (χ1) is 6.50. The van der Waals surface area contributed by atoms with Crippen LogP contribution in [0.2, 0.25) is 0 Å². The summed E-state index contributed by atoms with van der Waals surface area (Å²) < 4.78 is 0.809. The van der Waals surface area contributed by atoms with Gasteiger partial charge in [0.05, 0.1) is 0 Å². The Bertz CT molecular complexity index is 418. The number of nitrogens with one attached hydrogen (secondary N) is 2. The first kappa shape index (κ1) is 9.96. The molecular weight excluding hydrogens is 192 g/mol. The van der Waals surface area contributed by atoms with E-state index in [0.29, 0.717) is 0 Å². The SMILES string of the molecule is CC(=O)Nc1n[nH]c(=O)n1CC(=O)O. The van der Waals surface area contributed by atoms with Gasteiger partial charge in [0.25, 0.3) is 0 Å². The minimum atomic E-state index is -1.19. The Kier molecular flexibility index (Phi) is 2.65. The Morgan fingerprint density at radius 2 is 2.29 bits per heavy atom. The molecule has 3 N–H and O–H groups in total. The number of carbonyl (C=O) groups excluding carboxylic acids is 1. The number of aromatic nitrogens is 3. The molecule has 1 amide bonds. The van der Waals surface area contributed by atoms with E-state index in [0.717, 1.165) is 4.57 Å². The first-order valence-electron chi connectivity index (χ1n) is 3.65. The lowest BCUT2D eigenvalue weighted by Gasteiger charge is -2.01. The molecule has 0 aliphatic carbocycles. The highest BCUT2D eigenvalue weighted by Crippen LogP contribution is 1.97. The highest BCUT2D eigenvalue weighted by molar-refractivity contribution is 5.86. The van der Waals surface area contributed by atoms with E-state index < -0.39 is 24.1 Å². The van der Waals surface area contributed by atoms with Gasteiger partial charge in [0.2, 0.25) is 11.9 Å². The molecule has 76 valence electrons. The zero-order valence-corrected chi connectivity index (χ0v) is 7.27. The molecule has 0 aliphatic heterocycles. The summed E-state index contributed by atoms with van der Waals surface area (Å²) in [6, 6.07) is 0. The maximum atomic E-state index is 11.0. The van der Waals surface area contributed by atoms with Gasteiger partial charge in [-0.05, 0) is 0 Å². The number of hydrogen-bond acceptors (Lipinski definition) is 4. The van der Waals surface area contributed by atoms with Gasteiger partial charge in [0.15, 0.2) is 0 Å². The summed E-state index contributed by atoms with van der Waals surface area (Å²) in [5.74, 6) is -1.74. The van der Waals surface area contributed by atoms with Crippen molar-refractivity contribution in [3.8, 4) is 0 Å².